The molecule has 1 atom stereocenters. The highest BCUT2D eigenvalue weighted by Gasteiger charge is 2.34. The number of hydrogen-bond acceptors (Lipinski definition) is 4. The summed E-state index contributed by atoms with van der Waals surface area (Å²) in [5.74, 6) is 1.39. The third-order valence-electron chi connectivity index (χ3n) is 5.09. The molecule has 1 aromatic heterocycles. The molecule has 0 radical (unpaired) electrons. The van der Waals surface area contributed by atoms with Crippen molar-refractivity contribution < 1.29 is 14.3 Å². The molecule has 4 nitrogen and oxygen atoms in total. The van der Waals surface area contributed by atoms with Gasteiger partial charge in [-0.1, -0.05) is 29.8 Å². The molecule has 0 bridgehead atoms. The number of carbonyl (C=O) groups is 1. The fraction of sp³-hybridized carbons (Fsp3) is 0.286. The topological polar surface area (TPSA) is 38.8 Å². The number of halogens is 1. The summed E-state index contributed by atoms with van der Waals surface area (Å²) < 4.78 is 12.1. The lowest BCUT2D eigenvalue weighted by atomic mass is 9.90. The predicted octanol–water partition coefficient (Wildman–Crippen LogP) is 5.07. The number of carbonyl (C=O) groups excluding carboxylic acids is 1. The SMILES string of the molecule is COc1cc2c(cc1OC)C(c1sc3ccccc3c1Cl)N(C(C)=O)CC2. The molecular formula is C21H20ClNO3S. The van der Waals surface area contributed by atoms with Gasteiger partial charge in [0.05, 0.1) is 30.2 Å². The lowest BCUT2D eigenvalue weighted by Gasteiger charge is -2.37. The second-order valence-electron chi connectivity index (χ2n) is 6.55. The first-order valence-electron chi connectivity index (χ1n) is 8.74. The Hall–Kier alpha value is -2.24. The number of methoxy groups -OCH3 is 2. The van der Waals surface area contributed by atoms with Gasteiger partial charge in [-0.25, -0.2) is 0 Å². The maximum atomic E-state index is 12.4. The minimum Gasteiger partial charge on any atom is -0.493 e. The van der Waals surface area contributed by atoms with Crippen LogP contribution in [0.2, 0.25) is 5.02 Å². The van der Waals surface area contributed by atoms with E-state index in [0.29, 0.717) is 18.0 Å². The molecule has 0 saturated carbocycles. The maximum absolute atomic E-state index is 12.4. The van der Waals surface area contributed by atoms with Gasteiger partial charge < -0.3 is 14.4 Å². The van der Waals surface area contributed by atoms with Crippen LogP contribution in [0, 0.1) is 0 Å². The van der Waals surface area contributed by atoms with Gasteiger partial charge in [-0.2, -0.15) is 0 Å². The third kappa shape index (κ3) is 2.95. The Morgan fingerprint density at radius 2 is 1.89 bits per heavy atom. The van der Waals surface area contributed by atoms with Crippen molar-refractivity contribution in [1.82, 2.24) is 4.90 Å². The second kappa shape index (κ2) is 7.06. The Kier molecular flexibility index (Phi) is 4.74. The van der Waals surface area contributed by atoms with Gasteiger partial charge >= 0.3 is 0 Å². The van der Waals surface area contributed by atoms with Crippen LogP contribution < -0.4 is 9.47 Å². The standard InChI is InChI=1S/C21H20ClNO3S/c1-12(24)23-9-8-13-10-16(25-2)17(26-3)11-15(13)20(23)21-19(22)14-6-4-5-7-18(14)27-21/h4-7,10-11,20H,8-9H2,1-3H3. The first-order chi connectivity index (χ1) is 13.0. The Morgan fingerprint density at radius 3 is 2.56 bits per heavy atom. The van der Waals surface area contributed by atoms with E-state index in [0.717, 1.165) is 37.5 Å². The van der Waals surface area contributed by atoms with Crippen molar-refractivity contribution in [2.24, 2.45) is 0 Å². The lowest BCUT2D eigenvalue weighted by Crippen LogP contribution is -2.39. The van der Waals surface area contributed by atoms with Crippen molar-refractivity contribution in [1.29, 1.82) is 0 Å². The largest absolute Gasteiger partial charge is 0.493 e. The van der Waals surface area contributed by atoms with Crippen molar-refractivity contribution in [3.05, 3.63) is 57.4 Å². The molecule has 3 aromatic rings. The van der Waals surface area contributed by atoms with Crippen LogP contribution in [0.3, 0.4) is 0 Å². The Bertz CT molecular complexity index is 1030. The van der Waals surface area contributed by atoms with Gasteiger partial charge in [-0.05, 0) is 35.7 Å². The monoisotopic (exact) mass is 401 g/mol. The van der Waals surface area contributed by atoms with E-state index in [4.69, 9.17) is 21.1 Å². The number of rotatable bonds is 3. The number of amides is 1. The Labute approximate surface area is 167 Å². The van der Waals surface area contributed by atoms with E-state index < -0.39 is 0 Å². The molecule has 140 valence electrons. The quantitative estimate of drug-likeness (QED) is 0.615. The van der Waals surface area contributed by atoms with Crippen molar-refractivity contribution in [3.8, 4) is 11.5 Å². The fourth-order valence-corrected chi connectivity index (χ4v) is 5.45. The van der Waals surface area contributed by atoms with Crippen LogP contribution >= 0.6 is 22.9 Å². The minimum atomic E-state index is -0.226. The van der Waals surface area contributed by atoms with E-state index in [-0.39, 0.29) is 11.9 Å². The highest BCUT2D eigenvalue weighted by Crippen LogP contribution is 2.47. The normalized spacial score (nSPS) is 16.3. The molecule has 1 aliphatic heterocycles. The molecule has 0 saturated heterocycles. The van der Waals surface area contributed by atoms with E-state index in [1.165, 1.54) is 0 Å². The van der Waals surface area contributed by atoms with Crippen molar-refractivity contribution in [2.45, 2.75) is 19.4 Å². The van der Waals surface area contributed by atoms with Gasteiger partial charge in [0.25, 0.3) is 0 Å². The zero-order valence-electron chi connectivity index (χ0n) is 15.4. The van der Waals surface area contributed by atoms with Gasteiger partial charge in [0, 0.05) is 23.6 Å². The number of benzene rings is 2. The zero-order chi connectivity index (χ0) is 19.1. The summed E-state index contributed by atoms with van der Waals surface area (Å²) in [4.78, 5) is 15.3. The summed E-state index contributed by atoms with van der Waals surface area (Å²) in [6.07, 6.45) is 0.772. The van der Waals surface area contributed by atoms with Gasteiger partial charge in [0.15, 0.2) is 11.5 Å². The van der Waals surface area contributed by atoms with Gasteiger partial charge in [0.2, 0.25) is 5.91 Å². The van der Waals surface area contributed by atoms with Crippen LogP contribution in [0.5, 0.6) is 11.5 Å². The summed E-state index contributed by atoms with van der Waals surface area (Å²) in [5, 5.41) is 1.74. The molecule has 2 aromatic carbocycles. The molecule has 1 aliphatic rings. The van der Waals surface area contributed by atoms with Gasteiger partial charge in [-0.15, -0.1) is 11.3 Å². The number of hydrogen-bond donors (Lipinski definition) is 0. The molecule has 27 heavy (non-hydrogen) atoms. The first kappa shape index (κ1) is 18.1. The lowest BCUT2D eigenvalue weighted by molar-refractivity contribution is -0.130. The number of ether oxygens (including phenoxy) is 2. The molecule has 1 amide bonds. The van der Waals surface area contributed by atoms with Gasteiger partial charge in [0.1, 0.15) is 0 Å². The van der Waals surface area contributed by atoms with Crippen molar-refractivity contribution in [3.63, 3.8) is 0 Å². The minimum absolute atomic E-state index is 0.0361. The molecule has 1 unspecified atom stereocenters. The highest BCUT2D eigenvalue weighted by molar-refractivity contribution is 7.19. The second-order valence-corrected chi connectivity index (χ2v) is 8.01. The van der Waals surface area contributed by atoms with E-state index in [1.54, 1.807) is 32.5 Å². The zero-order valence-corrected chi connectivity index (χ0v) is 17.0. The molecular weight excluding hydrogens is 382 g/mol. The maximum Gasteiger partial charge on any atom is 0.220 e. The highest BCUT2D eigenvalue weighted by atomic mass is 35.5. The van der Waals surface area contributed by atoms with Crippen LogP contribution in [0.4, 0.5) is 0 Å². The summed E-state index contributed by atoms with van der Waals surface area (Å²) in [6.45, 7) is 2.26. The van der Waals surface area contributed by atoms with Crippen LogP contribution in [0.25, 0.3) is 10.1 Å². The average Bonchev–Trinajstić information content (AvgIpc) is 3.02. The third-order valence-corrected chi connectivity index (χ3v) is 6.83. The van der Waals surface area contributed by atoms with E-state index in [1.807, 2.05) is 35.2 Å². The molecule has 0 fully saturated rings. The molecule has 4 rings (SSSR count). The Morgan fingerprint density at radius 1 is 1.19 bits per heavy atom. The van der Waals surface area contributed by atoms with Crippen LogP contribution in [0.1, 0.15) is 29.0 Å². The summed E-state index contributed by atoms with van der Waals surface area (Å²) >= 11 is 8.42. The summed E-state index contributed by atoms with van der Waals surface area (Å²) in [7, 11) is 3.26. The van der Waals surface area contributed by atoms with Crippen molar-refractivity contribution in [2.75, 3.05) is 20.8 Å². The van der Waals surface area contributed by atoms with Gasteiger partial charge in [-0.3, -0.25) is 4.79 Å². The molecule has 0 aliphatic carbocycles. The molecule has 6 heteroatoms. The first-order valence-corrected chi connectivity index (χ1v) is 9.93. The van der Waals surface area contributed by atoms with E-state index in [9.17, 15) is 4.79 Å². The summed E-state index contributed by atoms with van der Waals surface area (Å²) in [5.41, 5.74) is 2.20. The molecule has 0 N–H and O–H groups in total. The number of fused-ring (bicyclic) bond motifs is 2. The summed E-state index contributed by atoms with van der Waals surface area (Å²) in [6, 6.07) is 11.8. The van der Waals surface area contributed by atoms with E-state index in [2.05, 4.69) is 6.07 Å². The smallest absolute Gasteiger partial charge is 0.220 e. The number of nitrogens with zero attached hydrogens (tertiary/aromatic N) is 1. The van der Waals surface area contributed by atoms with E-state index >= 15 is 0 Å². The predicted molar refractivity (Wildman–Crippen MR) is 109 cm³/mol. The van der Waals surface area contributed by atoms with Crippen LogP contribution in [-0.4, -0.2) is 31.6 Å². The molecule has 2 heterocycles. The fourth-order valence-electron chi connectivity index (χ4n) is 3.78. The average molecular weight is 402 g/mol. The van der Waals surface area contributed by atoms with Crippen LogP contribution in [-0.2, 0) is 11.2 Å². The molecule has 0 spiro atoms. The Balaban J connectivity index is 1.96. The number of thiophene rings is 1. The van der Waals surface area contributed by atoms with Crippen molar-refractivity contribution >= 4 is 38.9 Å². The van der Waals surface area contributed by atoms with Crippen LogP contribution in [0.15, 0.2) is 36.4 Å².